The normalized spacial score (nSPS) is 13.7. The summed E-state index contributed by atoms with van der Waals surface area (Å²) < 4.78 is 0. The molecule has 1 fully saturated rings. The van der Waals surface area contributed by atoms with E-state index in [1.165, 1.54) is 0 Å². The molecule has 0 radical (unpaired) electrons. The van der Waals surface area contributed by atoms with Crippen LogP contribution in [0.1, 0.15) is 18.4 Å². The molecule has 0 spiro atoms. The molecule has 0 atom stereocenters. The molecule has 0 aromatic heterocycles. The average molecular weight is 436 g/mol. The van der Waals surface area contributed by atoms with Crippen LogP contribution in [-0.4, -0.2) is 42.5 Å². The topological polar surface area (TPSA) is 103 Å². The number of carbonyl (C=O) groups excluding carboxylic acids is 3. The second kappa shape index (κ2) is 11.0. The first-order valence-electron chi connectivity index (χ1n) is 10.6. The van der Waals surface area contributed by atoms with Crippen molar-refractivity contribution in [1.29, 1.82) is 0 Å². The van der Waals surface area contributed by atoms with E-state index in [9.17, 15) is 14.4 Å². The van der Waals surface area contributed by atoms with Gasteiger partial charge in [-0.25, -0.2) is 9.59 Å². The van der Waals surface area contributed by atoms with Crippen LogP contribution in [0.25, 0.3) is 0 Å². The Hall–Kier alpha value is -3.81. The molecule has 4 N–H and O–H groups in total. The highest BCUT2D eigenvalue weighted by molar-refractivity contribution is 6.00. The number of nitrogens with one attached hydrogen (secondary N) is 4. The van der Waals surface area contributed by atoms with E-state index in [0.29, 0.717) is 49.5 Å². The number of carbonyl (C=O) groups is 3. The lowest BCUT2D eigenvalue weighted by molar-refractivity contribution is -0.126. The third-order valence-corrected chi connectivity index (χ3v) is 5.28. The fourth-order valence-electron chi connectivity index (χ4n) is 3.43. The number of hydrogen-bond acceptors (Lipinski definition) is 3. The molecule has 1 saturated heterocycles. The van der Waals surface area contributed by atoms with Crippen molar-refractivity contribution in [1.82, 2.24) is 10.2 Å². The number of piperidine rings is 1. The smallest absolute Gasteiger partial charge is 0.323 e. The molecular weight excluding hydrogens is 406 g/mol. The summed E-state index contributed by atoms with van der Waals surface area (Å²) in [5.74, 6) is -0.0603. The van der Waals surface area contributed by atoms with Crippen LogP contribution in [-0.2, 0) is 4.79 Å². The van der Waals surface area contributed by atoms with E-state index in [-0.39, 0.29) is 23.9 Å². The van der Waals surface area contributed by atoms with Gasteiger partial charge in [0.05, 0.1) is 0 Å². The zero-order valence-corrected chi connectivity index (χ0v) is 18.2. The minimum atomic E-state index is -0.342. The summed E-state index contributed by atoms with van der Waals surface area (Å²) in [6.07, 6.45) is 2.92. The Morgan fingerprint density at radius 2 is 1.41 bits per heavy atom. The first-order valence-corrected chi connectivity index (χ1v) is 10.6. The van der Waals surface area contributed by atoms with E-state index in [2.05, 4.69) is 27.8 Å². The van der Waals surface area contributed by atoms with Gasteiger partial charge in [-0.2, -0.15) is 0 Å². The van der Waals surface area contributed by atoms with Gasteiger partial charge in [0.15, 0.2) is 0 Å². The molecule has 1 aliphatic rings. The van der Waals surface area contributed by atoms with Crippen molar-refractivity contribution in [3.8, 4) is 0 Å². The lowest BCUT2D eigenvalue weighted by Crippen LogP contribution is -2.44. The van der Waals surface area contributed by atoms with Crippen molar-refractivity contribution in [2.75, 3.05) is 35.6 Å². The van der Waals surface area contributed by atoms with Crippen LogP contribution in [0.4, 0.5) is 26.7 Å². The highest BCUT2D eigenvalue weighted by Gasteiger charge is 2.27. The van der Waals surface area contributed by atoms with E-state index in [1.54, 1.807) is 35.2 Å². The Morgan fingerprint density at radius 1 is 0.906 bits per heavy atom. The molecule has 32 heavy (non-hydrogen) atoms. The van der Waals surface area contributed by atoms with Gasteiger partial charge in [-0.3, -0.25) is 4.79 Å². The summed E-state index contributed by atoms with van der Waals surface area (Å²) in [7, 11) is 0. The number of nitrogens with zero attached hydrogens (tertiary/aromatic N) is 1. The average Bonchev–Trinajstić information content (AvgIpc) is 2.80. The fraction of sp³-hybridized carbons (Fsp3) is 0.292. The summed E-state index contributed by atoms with van der Waals surface area (Å²) in [6.45, 7) is 7.08. The van der Waals surface area contributed by atoms with Gasteiger partial charge in [-0.05, 0) is 56.2 Å². The van der Waals surface area contributed by atoms with E-state index < -0.39 is 0 Å². The molecule has 2 aromatic carbocycles. The van der Waals surface area contributed by atoms with Crippen molar-refractivity contribution in [3.63, 3.8) is 0 Å². The van der Waals surface area contributed by atoms with Crippen LogP contribution in [0, 0.1) is 12.8 Å². The van der Waals surface area contributed by atoms with Crippen LogP contribution >= 0.6 is 0 Å². The largest absolute Gasteiger partial charge is 0.352 e. The molecule has 8 nitrogen and oxygen atoms in total. The monoisotopic (exact) mass is 435 g/mol. The van der Waals surface area contributed by atoms with Gasteiger partial charge in [0, 0.05) is 42.6 Å². The molecule has 3 rings (SSSR count). The van der Waals surface area contributed by atoms with Gasteiger partial charge in [-0.15, -0.1) is 6.58 Å². The first-order chi connectivity index (χ1) is 15.4. The summed E-state index contributed by atoms with van der Waals surface area (Å²) in [6, 6.07) is 13.9. The predicted octanol–water partition coefficient (Wildman–Crippen LogP) is 4.19. The number of rotatable bonds is 6. The van der Waals surface area contributed by atoms with Crippen molar-refractivity contribution >= 4 is 35.0 Å². The van der Waals surface area contributed by atoms with Crippen LogP contribution in [0.15, 0.2) is 61.2 Å². The maximum absolute atomic E-state index is 12.5. The molecule has 0 aliphatic carbocycles. The summed E-state index contributed by atoms with van der Waals surface area (Å²) >= 11 is 0. The highest BCUT2D eigenvalue weighted by atomic mass is 16.2. The van der Waals surface area contributed by atoms with Crippen LogP contribution in [0.2, 0.25) is 0 Å². The molecular formula is C24H29N5O3. The van der Waals surface area contributed by atoms with Crippen LogP contribution in [0.3, 0.4) is 0 Å². The third kappa shape index (κ3) is 6.60. The van der Waals surface area contributed by atoms with Gasteiger partial charge in [0.2, 0.25) is 5.91 Å². The second-order valence-corrected chi connectivity index (χ2v) is 7.75. The second-order valence-electron chi connectivity index (χ2n) is 7.75. The molecule has 168 valence electrons. The zero-order valence-electron chi connectivity index (χ0n) is 18.2. The van der Waals surface area contributed by atoms with Crippen LogP contribution < -0.4 is 21.3 Å². The number of likely N-dealkylation sites (tertiary alicyclic amines) is 1. The van der Waals surface area contributed by atoms with E-state index >= 15 is 0 Å². The fourth-order valence-corrected chi connectivity index (χ4v) is 3.43. The Labute approximate surface area is 188 Å². The summed E-state index contributed by atoms with van der Waals surface area (Å²) in [5, 5.41) is 11.2. The molecule has 5 amide bonds. The molecule has 0 saturated carbocycles. The number of amides is 5. The Kier molecular flexibility index (Phi) is 7.85. The highest BCUT2D eigenvalue weighted by Crippen LogP contribution is 2.20. The van der Waals surface area contributed by atoms with Crippen LogP contribution in [0.5, 0.6) is 0 Å². The number of urea groups is 2. The minimum Gasteiger partial charge on any atom is -0.352 e. The zero-order chi connectivity index (χ0) is 22.9. The number of hydrogen-bond donors (Lipinski definition) is 4. The van der Waals surface area contributed by atoms with Crippen molar-refractivity contribution < 1.29 is 14.4 Å². The van der Waals surface area contributed by atoms with E-state index in [4.69, 9.17) is 0 Å². The van der Waals surface area contributed by atoms with Gasteiger partial charge < -0.3 is 26.2 Å². The Bertz CT molecular complexity index is 949. The van der Waals surface area contributed by atoms with Gasteiger partial charge in [-0.1, -0.05) is 23.8 Å². The molecule has 0 bridgehead atoms. The number of aryl methyl sites for hydroxylation is 1. The Balaban J connectivity index is 1.44. The molecule has 1 heterocycles. The predicted molar refractivity (Wildman–Crippen MR) is 127 cm³/mol. The van der Waals surface area contributed by atoms with Gasteiger partial charge in [0.1, 0.15) is 0 Å². The maximum Gasteiger partial charge on any atom is 0.323 e. The van der Waals surface area contributed by atoms with Crippen molar-refractivity contribution in [3.05, 3.63) is 66.7 Å². The first kappa shape index (κ1) is 22.9. The summed E-state index contributed by atoms with van der Waals surface area (Å²) in [5.41, 5.74) is 3.07. The quantitative estimate of drug-likeness (QED) is 0.512. The molecule has 0 unspecified atom stereocenters. The van der Waals surface area contributed by atoms with Gasteiger partial charge >= 0.3 is 12.1 Å². The third-order valence-electron chi connectivity index (χ3n) is 5.28. The Morgan fingerprint density at radius 3 is 1.94 bits per heavy atom. The van der Waals surface area contributed by atoms with Crippen molar-refractivity contribution in [2.24, 2.45) is 5.92 Å². The lowest BCUT2D eigenvalue weighted by Gasteiger charge is -2.31. The van der Waals surface area contributed by atoms with Gasteiger partial charge in [0.25, 0.3) is 0 Å². The minimum absolute atomic E-state index is 0.0134. The van der Waals surface area contributed by atoms with Crippen molar-refractivity contribution in [2.45, 2.75) is 19.8 Å². The number of anilines is 3. The maximum atomic E-state index is 12.5. The molecule has 1 aliphatic heterocycles. The van der Waals surface area contributed by atoms with E-state index in [0.717, 1.165) is 5.56 Å². The van der Waals surface area contributed by atoms with E-state index in [1.807, 2.05) is 31.2 Å². The SMILES string of the molecule is C=CCNC(=O)C1CCN(C(=O)Nc2ccc(NC(=O)Nc3ccc(C)cc3)cc2)CC1. The molecule has 2 aromatic rings. The number of benzene rings is 2. The molecule has 8 heteroatoms. The lowest BCUT2D eigenvalue weighted by atomic mass is 9.96. The summed E-state index contributed by atoms with van der Waals surface area (Å²) in [4.78, 5) is 38.4. The standard InChI is InChI=1S/C24H29N5O3/c1-3-14-25-22(30)18-12-15-29(16-13-18)24(32)28-21-10-8-20(9-11-21)27-23(31)26-19-6-4-17(2)5-7-19/h3-11,18H,1,12-16H2,2H3,(H,25,30)(H,28,32)(H2,26,27,31).